The minimum Gasteiger partial charge on any atom is -0.352 e. The number of nitrogens with one attached hydrogen (secondary N) is 1. The minimum atomic E-state index is -0.717. The first kappa shape index (κ1) is 26.1. The van der Waals surface area contributed by atoms with Crippen molar-refractivity contribution in [3.63, 3.8) is 0 Å². The highest BCUT2D eigenvalue weighted by atomic mass is 35.5. The van der Waals surface area contributed by atoms with Gasteiger partial charge < -0.3 is 10.2 Å². The van der Waals surface area contributed by atoms with Crippen LogP contribution in [0.15, 0.2) is 72.8 Å². The second kappa shape index (κ2) is 12.3. The van der Waals surface area contributed by atoms with E-state index in [4.69, 9.17) is 34.8 Å². The van der Waals surface area contributed by atoms with Crippen LogP contribution in [0.3, 0.4) is 0 Å². The molecule has 1 unspecified atom stereocenters. The van der Waals surface area contributed by atoms with Gasteiger partial charge >= 0.3 is 0 Å². The summed E-state index contributed by atoms with van der Waals surface area (Å²) in [4.78, 5) is 28.6. The highest BCUT2D eigenvalue weighted by Gasteiger charge is 2.30. The molecule has 0 aliphatic heterocycles. The first-order valence-electron chi connectivity index (χ1n) is 11.0. The lowest BCUT2D eigenvalue weighted by atomic mass is 10.0. The van der Waals surface area contributed by atoms with Gasteiger partial charge in [-0.15, -0.1) is 0 Å². The fraction of sp³-hybridized carbons (Fsp3) is 0.259. The summed E-state index contributed by atoms with van der Waals surface area (Å²) in [7, 11) is 0. The Hall–Kier alpha value is -2.53. The Balaban J connectivity index is 1.99. The molecule has 0 fully saturated rings. The average Bonchev–Trinajstić information content (AvgIpc) is 2.78. The lowest BCUT2D eigenvalue weighted by molar-refractivity contribution is -0.141. The number of hydrogen-bond donors (Lipinski definition) is 1. The van der Waals surface area contributed by atoms with E-state index in [1.54, 1.807) is 35.2 Å². The van der Waals surface area contributed by atoms with Crippen LogP contribution in [0.25, 0.3) is 0 Å². The van der Waals surface area contributed by atoms with Crippen LogP contribution < -0.4 is 5.32 Å². The van der Waals surface area contributed by atoms with Gasteiger partial charge in [0.2, 0.25) is 11.8 Å². The molecule has 0 saturated heterocycles. The molecule has 0 aromatic heterocycles. The largest absolute Gasteiger partial charge is 0.352 e. The molecule has 0 spiro atoms. The van der Waals surface area contributed by atoms with Crippen LogP contribution in [0.1, 0.15) is 30.5 Å². The Labute approximate surface area is 215 Å². The average molecular weight is 518 g/mol. The van der Waals surface area contributed by atoms with Gasteiger partial charge in [-0.05, 0) is 54.8 Å². The van der Waals surface area contributed by atoms with Crippen LogP contribution >= 0.6 is 34.8 Å². The molecule has 0 heterocycles. The highest BCUT2D eigenvalue weighted by molar-refractivity contribution is 6.42. The number of benzene rings is 3. The van der Waals surface area contributed by atoms with Crippen molar-refractivity contribution in [2.45, 2.75) is 45.3 Å². The molecular weight excluding hydrogens is 491 g/mol. The molecular formula is C27H27Cl3N2O2. The third-order valence-corrected chi connectivity index (χ3v) is 6.26. The maximum Gasteiger partial charge on any atom is 0.243 e. The molecule has 0 aliphatic rings. The monoisotopic (exact) mass is 516 g/mol. The molecule has 4 nitrogen and oxygen atoms in total. The number of nitrogens with zero attached hydrogens (tertiary/aromatic N) is 1. The smallest absolute Gasteiger partial charge is 0.243 e. The van der Waals surface area contributed by atoms with Crippen molar-refractivity contribution < 1.29 is 9.59 Å². The maximum absolute atomic E-state index is 13.6. The summed E-state index contributed by atoms with van der Waals surface area (Å²) in [5.41, 5.74) is 2.52. The van der Waals surface area contributed by atoms with E-state index in [1.807, 2.05) is 56.3 Å². The fourth-order valence-corrected chi connectivity index (χ4v) is 4.23. The van der Waals surface area contributed by atoms with Gasteiger partial charge in [0.05, 0.1) is 16.5 Å². The predicted molar refractivity (Wildman–Crippen MR) is 139 cm³/mol. The molecule has 1 N–H and O–H groups in total. The van der Waals surface area contributed by atoms with Crippen molar-refractivity contribution in [2.24, 2.45) is 0 Å². The Kier molecular flexibility index (Phi) is 9.40. The van der Waals surface area contributed by atoms with Crippen LogP contribution in [0.5, 0.6) is 0 Å². The zero-order valence-electron chi connectivity index (χ0n) is 19.1. The summed E-state index contributed by atoms with van der Waals surface area (Å²) in [5.74, 6) is -0.397. The van der Waals surface area contributed by atoms with Gasteiger partial charge in [-0.3, -0.25) is 9.59 Å². The van der Waals surface area contributed by atoms with Gasteiger partial charge in [0, 0.05) is 24.0 Å². The molecule has 0 bridgehead atoms. The van der Waals surface area contributed by atoms with Gasteiger partial charge in [-0.25, -0.2) is 0 Å². The van der Waals surface area contributed by atoms with Crippen molar-refractivity contribution in [2.75, 3.05) is 0 Å². The highest BCUT2D eigenvalue weighted by Crippen LogP contribution is 2.25. The molecule has 3 rings (SSSR count). The molecule has 0 radical (unpaired) electrons. The molecule has 34 heavy (non-hydrogen) atoms. The van der Waals surface area contributed by atoms with Crippen LogP contribution in [0, 0.1) is 0 Å². The van der Waals surface area contributed by atoms with Crippen LogP contribution in [0.2, 0.25) is 15.1 Å². The molecule has 7 heteroatoms. The lowest BCUT2D eigenvalue weighted by Crippen LogP contribution is -2.52. The molecule has 178 valence electrons. The standard InChI is InChI=1S/C27H27Cl3N2O2/c1-18(2)31-27(34)25(15-19-7-4-3-5-8-19)32(17-21-11-12-23(29)24(30)14-21)26(33)16-20-9-6-10-22(28)13-20/h3-14,18,25H,15-17H2,1-2H3,(H,31,34). The Morgan fingerprint density at radius 3 is 2.18 bits per heavy atom. The third-order valence-electron chi connectivity index (χ3n) is 5.28. The van der Waals surface area contributed by atoms with Crippen LogP contribution in [0.4, 0.5) is 0 Å². The van der Waals surface area contributed by atoms with Crippen molar-refractivity contribution in [1.82, 2.24) is 10.2 Å². The Bertz CT molecular complexity index is 1140. The van der Waals surface area contributed by atoms with E-state index in [2.05, 4.69) is 5.32 Å². The van der Waals surface area contributed by atoms with Crippen LogP contribution in [-0.4, -0.2) is 28.8 Å². The summed E-state index contributed by atoms with van der Waals surface area (Å²) < 4.78 is 0. The minimum absolute atomic E-state index is 0.0689. The fourth-order valence-electron chi connectivity index (χ4n) is 3.69. The van der Waals surface area contributed by atoms with Gasteiger partial charge in [-0.1, -0.05) is 83.3 Å². The van der Waals surface area contributed by atoms with E-state index in [9.17, 15) is 9.59 Å². The number of carbonyl (C=O) groups excluding carboxylic acids is 2. The van der Waals surface area contributed by atoms with Crippen molar-refractivity contribution in [3.8, 4) is 0 Å². The zero-order chi connectivity index (χ0) is 24.7. The second-order valence-electron chi connectivity index (χ2n) is 8.45. The molecule has 2 amide bonds. The van der Waals surface area contributed by atoms with E-state index in [1.165, 1.54) is 0 Å². The lowest BCUT2D eigenvalue weighted by Gasteiger charge is -2.32. The van der Waals surface area contributed by atoms with Gasteiger partial charge in [0.1, 0.15) is 6.04 Å². The normalized spacial score (nSPS) is 11.8. The summed E-state index contributed by atoms with van der Waals surface area (Å²) in [5, 5.41) is 4.36. The van der Waals surface area contributed by atoms with Crippen molar-refractivity contribution in [1.29, 1.82) is 0 Å². The molecule has 0 aliphatic carbocycles. The Morgan fingerprint density at radius 2 is 1.53 bits per heavy atom. The molecule has 1 atom stereocenters. The summed E-state index contributed by atoms with van der Waals surface area (Å²) in [6, 6.07) is 21.3. The van der Waals surface area contributed by atoms with Gasteiger partial charge in [0.25, 0.3) is 0 Å². The number of rotatable bonds is 9. The first-order valence-corrected chi connectivity index (χ1v) is 12.2. The van der Waals surface area contributed by atoms with E-state index < -0.39 is 6.04 Å². The van der Waals surface area contributed by atoms with E-state index in [-0.39, 0.29) is 30.8 Å². The third kappa shape index (κ3) is 7.49. The van der Waals surface area contributed by atoms with Gasteiger partial charge in [0.15, 0.2) is 0 Å². The maximum atomic E-state index is 13.6. The number of halogens is 3. The zero-order valence-corrected chi connectivity index (χ0v) is 21.4. The molecule has 0 saturated carbocycles. The van der Waals surface area contributed by atoms with E-state index >= 15 is 0 Å². The summed E-state index contributed by atoms with van der Waals surface area (Å²) in [6.45, 7) is 4.00. The van der Waals surface area contributed by atoms with Crippen molar-refractivity contribution >= 4 is 46.6 Å². The predicted octanol–water partition coefficient (Wildman–Crippen LogP) is 6.35. The number of amides is 2. The second-order valence-corrected chi connectivity index (χ2v) is 9.70. The SMILES string of the molecule is CC(C)NC(=O)C(Cc1ccccc1)N(Cc1ccc(Cl)c(Cl)c1)C(=O)Cc1cccc(Cl)c1. The molecule has 3 aromatic carbocycles. The summed E-state index contributed by atoms with van der Waals surface area (Å²) in [6.07, 6.45) is 0.490. The number of hydrogen-bond acceptors (Lipinski definition) is 2. The van der Waals surface area contributed by atoms with E-state index in [0.29, 0.717) is 21.5 Å². The van der Waals surface area contributed by atoms with Gasteiger partial charge in [-0.2, -0.15) is 0 Å². The van der Waals surface area contributed by atoms with Crippen molar-refractivity contribution in [3.05, 3.63) is 105 Å². The first-order chi connectivity index (χ1) is 16.2. The topological polar surface area (TPSA) is 49.4 Å². The van der Waals surface area contributed by atoms with Crippen LogP contribution in [-0.2, 0) is 29.0 Å². The summed E-state index contributed by atoms with van der Waals surface area (Å²) >= 11 is 18.5. The molecule has 3 aromatic rings. The Morgan fingerprint density at radius 1 is 0.824 bits per heavy atom. The van der Waals surface area contributed by atoms with E-state index in [0.717, 1.165) is 16.7 Å². The number of carbonyl (C=O) groups is 2. The quantitative estimate of drug-likeness (QED) is 0.359.